The number of ether oxygens (including phenoxy) is 1. The molecule has 0 saturated carbocycles. The van der Waals surface area contributed by atoms with E-state index in [1.165, 1.54) is 24.3 Å². The fourth-order valence-electron chi connectivity index (χ4n) is 2.21. The summed E-state index contributed by atoms with van der Waals surface area (Å²) in [6.45, 7) is 2.12. The molecule has 1 aromatic rings. The van der Waals surface area contributed by atoms with Crippen LogP contribution >= 0.6 is 0 Å². The molecule has 114 valence electrons. The average molecular weight is 302 g/mol. The van der Waals surface area contributed by atoms with Crippen molar-refractivity contribution in [2.75, 3.05) is 31.2 Å². The smallest absolute Gasteiger partial charge is 0.357 e. The number of carbonyl (C=O) groups excluding carboxylic acids is 3. The van der Waals surface area contributed by atoms with Crippen molar-refractivity contribution in [1.82, 2.24) is 5.06 Å². The van der Waals surface area contributed by atoms with Crippen molar-refractivity contribution in [2.24, 2.45) is 0 Å². The van der Waals surface area contributed by atoms with Crippen LogP contribution in [-0.4, -0.2) is 49.2 Å². The Labute approximate surface area is 126 Å². The number of rotatable bonds is 3. The van der Waals surface area contributed by atoms with Crippen LogP contribution in [0.5, 0.6) is 0 Å². The Hall–Kier alpha value is -2.51. The van der Waals surface area contributed by atoms with Gasteiger partial charge >= 0.3 is 5.97 Å². The van der Waals surface area contributed by atoms with E-state index in [0.29, 0.717) is 37.6 Å². The van der Waals surface area contributed by atoms with Gasteiger partial charge in [-0.05, 0) is 24.3 Å². The highest BCUT2D eigenvalue weighted by Crippen LogP contribution is 2.20. The van der Waals surface area contributed by atoms with Crippen LogP contribution in [0.1, 0.15) is 10.4 Å². The van der Waals surface area contributed by atoms with Gasteiger partial charge in [0.25, 0.3) is 11.8 Å². The minimum atomic E-state index is -0.481. The van der Waals surface area contributed by atoms with Crippen molar-refractivity contribution < 1.29 is 24.0 Å². The number of benzene rings is 1. The van der Waals surface area contributed by atoms with E-state index in [2.05, 4.69) is 0 Å². The van der Waals surface area contributed by atoms with Crippen LogP contribution in [0.4, 0.5) is 5.69 Å². The van der Waals surface area contributed by atoms with Gasteiger partial charge in [-0.25, -0.2) is 9.69 Å². The van der Waals surface area contributed by atoms with Crippen molar-refractivity contribution in [1.29, 1.82) is 0 Å². The van der Waals surface area contributed by atoms with Crippen molar-refractivity contribution in [3.8, 4) is 0 Å². The summed E-state index contributed by atoms with van der Waals surface area (Å²) in [5.41, 5.74) is 0.769. The van der Waals surface area contributed by atoms with E-state index in [0.717, 1.165) is 4.90 Å². The van der Waals surface area contributed by atoms with Gasteiger partial charge in [-0.1, -0.05) is 0 Å². The Kier molecular flexibility index (Phi) is 3.99. The highest BCUT2D eigenvalue weighted by atomic mass is 16.7. The summed E-state index contributed by atoms with van der Waals surface area (Å²) < 4.78 is 5.17. The van der Waals surface area contributed by atoms with Gasteiger partial charge in [0, 0.05) is 12.2 Å². The lowest BCUT2D eigenvalue weighted by atomic mass is 10.2. The third kappa shape index (κ3) is 2.90. The topological polar surface area (TPSA) is 76.2 Å². The summed E-state index contributed by atoms with van der Waals surface area (Å²) in [5.74, 6) is -1.27. The van der Waals surface area contributed by atoms with Crippen LogP contribution in [0, 0.1) is 0 Å². The first-order valence-electron chi connectivity index (χ1n) is 6.86. The molecule has 0 bridgehead atoms. The first-order chi connectivity index (χ1) is 10.6. The number of amides is 2. The van der Waals surface area contributed by atoms with Gasteiger partial charge in [0.1, 0.15) is 0 Å². The summed E-state index contributed by atoms with van der Waals surface area (Å²) in [6, 6.07) is 6.13. The van der Waals surface area contributed by atoms with Gasteiger partial charge in [0.05, 0.1) is 37.6 Å². The van der Waals surface area contributed by atoms with Crippen molar-refractivity contribution in [3.63, 3.8) is 0 Å². The quantitative estimate of drug-likeness (QED) is 0.758. The summed E-state index contributed by atoms with van der Waals surface area (Å²) >= 11 is 0. The highest BCUT2D eigenvalue weighted by Gasteiger charge is 2.25. The van der Waals surface area contributed by atoms with Gasteiger partial charge < -0.3 is 9.57 Å². The van der Waals surface area contributed by atoms with Gasteiger partial charge in [0.15, 0.2) is 0 Å². The Morgan fingerprint density at radius 2 is 1.59 bits per heavy atom. The molecular formula is C15H14N2O5. The predicted octanol–water partition coefficient (Wildman–Crippen LogP) is 0.520. The van der Waals surface area contributed by atoms with E-state index in [4.69, 9.17) is 9.57 Å². The molecule has 0 radical (unpaired) electrons. The van der Waals surface area contributed by atoms with E-state index in [-0.39, 0.29) is 0 Å². The summed E-state index contributed by atoms with van der Waals surface area (Å²) in [5, 5.41) is 1.55. The Balaban J connectivity index is 1.67. The molecule has 2 aliphatic heterocycles. The monoisotopic (exact) mass is 302 g/mol. The lowest BCUT2D eigenvalue weighted by Crippen LogP contribution is -2.37. The zero-order valence-electron chi connectivity index (χ0n) is 11.7. The van der Waals surface area contributed by atoms with Gasteiger partial charge in [-0.3, -0.25) is 9.59 Å². The van der Waals surface area contributed by atoms with Crippen molar-refractivity contribution in [2.45, 2.75) is 0 Å². The molecule has 22 heavy (non-hydrogen) atoms. The second-order valence-corrected chi connectivity index (χ2v) is 4.81. The van der Waals surface area contributed by atoms with Crippen LogP contribution in [-0.2, 0) is 19.2 Å². The largest absolute Gasteiger partial charge is 0.379 e. The summed E-state index contributed by atoms with van der Waals surface area (Å²) in [7, 11) is 0. The van der Waals surface area contributed by atoms with Crippen molar-refractivity contribution >= 4 is 23.5 Å². The summed E-state index contributed by atoms with van der Waals surface area (Å²) in [4.78, 5) is 41.4. The van der Waals surface area contributed by atoms with E-state index >= 15 is 0 Å². The molecule has 2 amide bonds. The lowest BCUT2D eigenvalue weighted by Gasteiger charge is -2.25. The molecule has 2 heterocycles. The standard InChI is InChI=1S/C15H14N2O5/c18-13-5-6-14(19)17(13)12-3-1-11(2-4-12)15(20)22-16-7-9-21-10-8-16/h1-6H,7-10H2. The van der Waals surface area contributed by atoms with Crippen LogP contribution in [0.25, 0.3) is 0 Å². The molecule has 1 aromatic carbocycles. The number of hydrogen-bond donors (Lipinski definition) is 0. The SMILES string of the molecule is O=C(ON1CCOCC1)c1ccc(N2C(=O)C=CC2=O)cc1. The molecule has 0 N–H and O–H groups in total. The highest BCUT2D eigenvalue weighted by molar-refractivity contribution is 6.28. The minimum absolute atomic E-state index is 0.349. The zero-order chi connectivity index (χ0) is 15.5. The molecule has 0 spiro atoms. The third-order valence-electron chi connectivity index (χ3n) is 3.35. The number of hydroxylamine groups is 2. The van der Waals surface area contributed by atoms with Crippen LogP contribution in [0.2, 0.25) is 0 Å². The van der Waals surface area contributed by atoms with Gasteiger partial charge in [-0.15, -0.1) is 5.06 Å². The van der Waals surface area contributed by atoms with E-state index in [9.17, 15) is 14.4 Å². The Morgan fingerprint density at radius 3 is 2.18 bits per heavy atom. The van der Waals surface area contributed by atoms with Crippen LogP contribution in [0.15, 0.2) is 36.4 Å². The maximum atomic E-state index is 12.0. The summed E-state index contributed by atoms with van der Waals surface area (Å²) in [6.07, 6.45) is 2.42. The Bertz CT molecular complexity index is 614. The molecule has 0 atom stereocenters. The first-order valence-corrected chi connectivity index (χ1v) is 6.86. The zero-order valence-corrected chi connectivity index (χ0v) is 11.7. The average Bonchev–Trinajstić information content (AvgIpc) is 2.87. The first kappa shape index (κ1) is 14.4. The minimum Gasteiger partial charge on any atom is -0.379 e. The normalized spacial score (nSPS) is 18.8. The number of anilines is 1. The molecular weight excluding hydrogens is 288 g/mol. The number of morpholine rings is 1. The maximum Gasteiger partial charge on any atom is 0.357 e. The molecule has 0 aromatic heterocycles. The third-order valence-corrected chi connectivity index (χ3v) is 3.35. The van der Waals surface area contributed by atoms with Crippen LogP contribution < -0.4 is 4.90 Å². The van der Waals surface area contributed by atoms with Gasteiger partial charge in [0.2, 0.25) is 0 Å². The second-order valence-electron chi connectivity index (χ2n) is 4.81. The maximum absolute atomic E-state index is 12.0. The fourth-order valence-corrected chi connectivity index (χ4v) is 2.21. The number of carbonyl (C=O) groups is 3. The van der Waals surface area contributed by atoms with E-state index < -0.39 is 17.8 Å². The molecule has 7 nitrogen and oxygen atoms in total. The number of hydrogen-bond acceptors (Lipinski definition) is 6. The van der Waals surface area contributed by atoms with E-state index in [1.807, 2.05) is 0 Å². The molecule has 3 rings (SSSR count). The number of imide groups is 1. The molecule has 7 heteroatoms. The molecule has 2 aliphatic rings. The molecule has 1 saturated heterocycles. The van der Waals surface area contributed by atoms with Crippen LogP contribution in [0.3, 0.4) is 0 Å². The second kappa shape index (κ2) is 6.08. The Morgan fingerprint density at radius 1 is 1.00 bits per heavy atom. The molecule has 0 unspecified atom stereocenters. The predicted molar refractivity (Wildman–Crippen MR) is 75.9 cm³/mol. The molecule has 0 aliphatic carbocycles. The van der Waals surface area contributed by atoms with E-state index in [1.54, 1.807) is 17.2 Å². The molecule has 1 fully saturated rings. The van der Waals surface area contributed by atoms with Gasteiger partial charge in [-0.2, -0.15) is 0 Å². The lowest BCUT2D eigenvalue weighted by molar-refractivity contribution is -0.150. The number of nitrogens with zero attached hydrogens (tertiary/aromatic N) is 2. The van der Waals surface area contributed by atoms with Crippen molar-refractivity contribution in [3.05, 3.63) is 42.0 Å². The fraction of sp³-hybridized carbons (Fsp3) is 0.267.